The lowest BCUT2D eigenvalue weighted by Gasteiger charge is -2.09. The largest absolute Gasteiger partial charge is 0.334 e. The number of nitrogens with two attached hydrogens (primary N) is 1. The van der Waals surface area contributed by atoms with Crippen molar-refractivity contribution in [2.45, 2.75) is 12.1 Å². The first-order chi connectivity index (χ1) is 12.5. The van der Waals surface area contributed by atoms with Crippen molar-refractivity contribution in [3.8, 4) is 0 Å². The highest BCUT2D eigenvalue weighted by Crippen LogP contribution is 2.17. The van der Waals surface area contributed by atoms with E-state index in [9.17, 15) is 14.4 Å². The van der Waals surface area contributed by atoms with Crippen molar-refractivity contribution in [2.75, 3.05) is 16.9 Å². The van der Waals surface area contributed by atoms with E-state index in [-0.39, 0.29) is 28.2 Å². The van der Waals surface area contributed by atoms with Crippen LogP contribution in [0.25, 0.3) is 10.9 Å². The summed E-state index contributed by atoms with van der Waals surface area (Å²) in [4.78, 5) is 40.1. The van der Waals surface area contributed by atoms with Crippen LogP contribution in [0.3, 0.4) is 0 Å². The SMILES string of the molecule is CC(=O)c1cccc(NC(=O)CSc2nc3ccccc3c(=O)n2N)c1. The molecule has 1 amide bonds. The molecule has 8 heteroatoms. The van der Waals surface area contributed by atoms with Gasteiger partial charge in [0.05, 0.1) is 16.7 Å². The Bertz CT molecular complexity index is 1060. The van der Waals surface area contributed by atoms with Crippen LogP contribution in [-0.2, 0) is 4.79 Å². The number of carbonyl (C=O) groups is 2. The van der Waals surface area contributed by atoms with E-state index in [1.807, 2.05) is 0 Å². The van der Waals surface area contributed by atoms with Crippen molar-refractivity contribution < 1.29 is 9.59 Å². The maximum atomic E-state index is 12.2. The molecular weight excluding hydrogens is 352 g/mol. The lowest BCUT2D eigenvalue weighted by atomic mass is 10.1. The number of anilines is 1. The molecule has 132 valence electrons. The predicted octanol–water partition coefficient (Wildman–Crippen LogP) is 2.04. The molecule has 7 nitrogen and oxygen atoms in total. The Morgan fingerprint density at radius 3 is 2.73 bits per heavy atom. The second-order valence-electron chi connectivity index (χ2n) is 5.56. The lowest BCUT2D eigenvalue weighted by Crippen LogP contribution is -2.30. The topological polar surface area (TPSA) is 107 Å². The number of amides is 1. The maximum absolute atomic E-state index is 12.2. The molecule has 0 aliphatic rings. The fraction of sp³-hybridized carbons (Fsp3) is 0.111. The molecular formula is C18H16N4O3S. The van der Waals surface area contributed by atoms with E-state index in [4.69, 9.17) is 5.84 Å². The van der Waals surface area contributed by atoms with Crippen LogP contribution in [0.4, 0.5) is 5.69 Å². The highest BCUT2D eigenvalue weighted by Gasteiger charge is 2.12. The summed E-state index contributed by atoms with van der Waals surface area (Å²) < 4.78 is 0.941. The van der Waals surface area contributed by atoms with Gasteiger partial charge in [0.15, 0.2) is 10.9 Å². The van der Waals surface area contributed by atoms with Gasteiger partial charge in [0.1, 0.15) is 0 Å². The van der Waals surface area contributed by atoms with Crippen molar-refractivity contribution in [1.82, 2.24) is 9.66 Å². The van der Waals surface area contributed by atoms with Crippen molar-refractivity contribution in [2.24, 2.45) is 0 Å². The number of ketones is 1. The summed E-state index contributed by atoms with van der Waals surface area (Å²) >= 11 is 1.06. The summed E-state index contributed by atoms with van der Waals surface area (Å²) in [5.41, 5.74) is 1.20. The van der Waals surface area contributed by atoms with E-state index in [2.05, 4.69) is 10.3 Å². The Labute approximate surface area is 153 Å². The fourth-order valence-corrected chi connectivity index (χ4v) is 3.09. The molecule has 0 atom stereocenters. The van der Waals surface area contributed by atoms with Gasteiger partial charge in [0.2, 0.25) is 5.91 Å². The van der Waals surface area contributed by atoms with E-state index in [0.717, 1.165) is 16.4 Å². The Morgan fingerprint density at radius 1 is 1.19 bits per heavy atom. The third-order valence-electron chi connectivity index (χ3n) is 3.66. The summed E-state index contributed by atoms with van der Waals surface area (Å²) in [6.07, 6.45) is 0. The number of hydrogen-bond donors (Lipinski definition) is 2. The maximum Gasteiger partial charge on any atom is 0.280 e. The van der Waals surface area contributed by atoms with Gasteiger partial charge in [-0.05, 0) is 31.2 Å². The van der Waals surface area contributed by atoms with Crippen molar-refractivity contribution in [1.29, 1.82) is 0 Å². The average Bonchev–Trinajstić information content (AvgIpc) is 2.63. The van der Waals surface area contributed by atoms with E-state index < -0.39 is 0 Å². The van der Waals surface area contributed by atoms with Gasteiger partial charge in [-0.2, -0.15) is 0 Å². The molecule has 0 fully saturated rings. The minimum atomic E-state index is -0.368. The standard InChI is InChI=1S/C18H16N4O3S/c1-11(23)12-5-4-6-13(9-12)20-16(24)10-26-18-21-15-8-3-2-7-14(15)17(25)22(18)19/h2-9H,10,19H2,1H3,(H,20,24). The van der Waals surface area contributed by atoms with Gasteiger partial charge in [0.25, 0.3) is 5.56 Å². The monoisotopic (exact) mass is 368 g/mol. The highest BCUT2D eigenvalue weighted by molar-refractivity contribution is 7.99. The van der Waals surface area contributed by atoms with Gasteiger partial charge in [0, 0.05) is 11.3 Å². The highest BCUT2D eigenvalue weighted by atomic mass is 32.2. The Morgan fingerprint density at radius 2 is 1.96 bits per heavy atom. The zero-order valence-electron chi connectivity index (χ0n) is 13.9. The molecule has 0 radical (unpaired) electrons. The van der Waals surface area contributed by atoms with Crippen LogP contribution in [0.5, 0.6) is 0 Å². The number of fused-ring (bicyclic) bond motifs is 1. The van der Waals surface area contributed by atoms with E-state index >= 15 is 0 Å². The Kier molecular flexibility index (Phi) is 5.04. The van der Waals surface area contributed by atoms with Crippen LogP contribution in [0.1, 0.15) is 17.3 Å². The van der Waals surface area contributed by atoms with Gasteiger partial charge < -0.3 is 11.2 Å². The molecule has 0 saturated carbocycles. The van der Waals surface area contributed by atoms with Crippen molar-refractivity contribution in [3.05, 3.63) is 64.4 Å². The fourth-order valence-electron chi connectivity index (χ4n) is 2.37. The van der Waals surface area contributed by atoms with E-state index in [1.165, 1.54) is 6.92 Å². The van der Waals surface area contributed by atoms with Crippen LogP contribution in [0.15, 0.2) is 58.5 Å². The number of aromatic nitrogens is 2. The number of nitrogen functional groups attached to an aromatic ring is 1. The minimum absolute atomic E-state index is 0.0201. The van der Waals surface area contributed by atoms with Crippen molar-refractivity contribution >= 4 is 40.0 Å². The van der Waals surface area contributed by atoms with Gasteiger partial charge >= 0.3 is 0 Å². The molecule has 0 saturated heterocycles. The van der Waals surface area contributed by atoms with Gasteiger partial charge in [-0.1, -0.05) is 36.0 Å². The number of nitrogens with one attached hydrogen (secondary N) is 1. The number of Topliss-reactive ketones (excluding diaryl/α,β-unsaturated/α-hetero) is 1. The molecule has 3 aromatic rings. The lowest BCUT2D eigenvalue weighted by molar-refractivity contribution is -0.113. The molecule has 0 bridgehead atoms. The molecule has 0 spiro atoms. The molecule has 3 rings (SSSR count). The average molecular weight is 368 g/mol. The smallest absolute Gasteiger partial charge is 0.280 e. The van der Waals surface area contributed by atoms with Crippen LogP contribution >= 0.6 is 11.8 Å². The van der Waals surface area contributed by atoms with Gasteiger partial charge in [-0.15, -0.1) is 0 Å². The summed E-state index contributed by atoms with van der Waals surface area (Å²) in [5.74, 6) is 5.44. The first-order valence-corrected chi connectivity index (χ1v) is 8.75. The first kappa shape index (κ1) is 17.7. The quantitative estimate of drug-likeness (QED) is 0.309. The number of hydrogen-bond acceptors (Lipinski definition) is 6. The number of rotatable bonds is 5. The molecule has 1 heterocycles. The van der Waals surface area contributed by atoms with Crippen LogP contribution in [0.2, 0.25) is 0 Å². The van der Waals surface area contributed by atoms with Gasteiger partial charge in [-0.3, -0.25) is 14.4 Å². The van der Waals surface area contributed by atoms with Crippen LogP contribution in [-0.4, -0.2) is 27.1 Å². The second-order valence-corrected chi connectivity index (χ2v) is 6.50. The van der Waals surface area contributed by atoms with Crippen LogP contribution in [0, 0.1) is 0 Å². The summed E-state index contributed by atoms with van der Waals surface area (Å²) in [5, 5.41) is 3.38. The Hall–Kier alpha value is -3.13. The summed E-state index contributed by atoms with van der Waals surface area (Å²) in [7, 11) is 0. The molecule has 0 aliphatic carbocycles. The summed E-state index contributed by atoms with van der Waals surface area (Å²) in [6, 6.07) is 13.6. The van der Waals surface area contributed by atoms with Crippen molar-refractivity contribution in [3.63, 3.8) is 0 Å². The molecule has 0 unspecified atom stereocenters. The number of para-hydroxylation sites is 1. The number of benzene rings is 2. The number of thioether (sulfide) groups is 1. The molecule has 26 heavy (non-hydrogen) atoms. The molecule has 3 N–H and O–H groups in total. The third-order valence-corrected chi connectivity index (χ3v) is 4.61. The van der Waals surface area contributed by atoms with E-state index in [1.54, 1.807) is 48.5 Å². The Balaban J connectivity index is 1.73. The van der Waals surface area contributed by atoms with Crippen LogP contribution < -0.4 is 16.7 Å². The van der Waals surface area contributed by atoms with Gasteiger partial charge in [-0.25, -0.2) is 9.66 Å². The van der Waals surface area contributed by atoms with E-state index in [0.29, 0.717) is 22.2 Å². The molecule has 2 aromatic carbocycles. The normalized spacial score (nSPS) is 10.7. The number of carbonyl (C=O) groups excluding carboxylic acids is 2. The molecule has 1 aromatic heterocycles. The second kappa shape index (κ2) is 7.40. The zero-order valence-corrected chi connectivity index (χ0v) is 14.7. The summed E-state index contributed by atoms with van der Waals surface area (Å²) in [6.45, 7) is 1.46. The predicted molar refractivity (Wildman–Crippen MR) is 102 cm³/mol. The number of nitrogens with zero attached hydrogens (tertiary/aromatic N) is 2. The zero-order chi connectivity index (χ0) is 18.7. The third kappa shape index (κ3) is 3.75. The minimum Gasteiger partial charge on any atom is -0.334 e. The first-order valence-electron chi connectivity index (χ1n) is 7.76. The molecule has 0 aliphatic heterocycles.